The molecule has 1 rings (SSSR count). The average molecular weight is 303 g/mol. The summed E-state index contributed by atoms with van der Waals surface area (Å²) in [4.78, 5) is 34.6. The van der Waals surface area contributed by atoms with Crippen molar-refractivity contribution in [1.29, 1.82) is 0 Å². The molecule has 0 bridgehead atoms. The van der Waals surface area contributed by atoms with E-state index in [0.717, 1.165) is 30.6 Å². The van der Waals surface area contributed by atoms with Gasteiger partial charge in [-0.25, -0.2) is 4.79 Å². The van der Waals surface area contributed by atoms with Crippen LogP contribution < -0.4 is 11.1 Å². The van der Waals surface area contributed by atoms with Crippen molar-refractivity contribution in [3.8, 4) is 0 Å². The lowest BCUT2D eigenvalue weighted by Crippen LogP contribution is -2.52. The molecule has 2 atom stereocenters. The van der Waals surface area contributed by atoms with Crippen molar-refractivity contribution in [3.63, 3.8) is 0 Å². The van der Waals surface area contributed by atoms with Crippen LogP contribution in [0.1, 0.15) is 25.7 Å². The molecule has 0 aromatic carbocycles. The zero-order valence-electron chi connectivity index (χ0n) is 11.5. The van der Waals surface area contributed by atoms with Crippen LogP contribution in [-0.4, -0.2) is 58.6 Å². The Hall–Kier alpha value is -1.44. The highest BCUT2D eigenvalue weighted by Gasteiger charge is 2.28. The second-order valence-corrected chi connectivity index (χ2v) is 5.91. The molecule has 0 aromatic heterocycles. The number of aliphatic carboxylic acids is 1. The smallest absolute Gasteiger partial charge is 0.323 e. The second-order valence-electron chi connectivity index (χ2n) is 4.83. The Morgan fingerprint density at radius 3 is 2.50 bits per heavy atom. The van der Waals surface area contributed by atoms with Crippen molar-refractivity contribution in [1.82, 2.24) is 10.2 Å². The van der Waals surface area contributed by atoms with Crippen LogP contribution in [-0.2, 0) is 9.59 Å². The van der Waals surface area contributed by atoms with Gasteiger partial charge in [0.25, 0.3) is 0 Å². The number of carboxylic acid groups (broad SMARTS) is 1. The normalized spacial score (nSPS) is 22.1. The third kappa shape index (κ3) is 5.28. The Balaban J connectivity index is 2.63. The van der Waals surface area contributed by atoms with Gasteiger partial charge in [-0.1, -0.05) is 12.8 Å². The number of nitrogens with one attached hydrogen (secondary N) is 1. The number of rotatable bonds is 6. The largest absolute Gasteiger partial charge is 0.480 e. The van der Waals surface area contributed by atoms with Gasteiger partial charge >= 0.3 is 12.0 Å². The Kier molecular flexibility index (Phi) is 6.63. The minimum atomic E-state index is -1.17. The van der Waals surface area contributed by atoms with Gasteiger partial charge in [0, 0.05) is 11.3 Å². The van der Waals surface area contributed by atoms with E-state index in [1.165, 1.54) is 0 Å². The molecule has 1 fully saturated rings. The van der Waals surface area contributed by atoms with Crippen molar-refractivity contribution in [2.75, 3.05) is 19.3 Å². The van der Waals surface area contributed by atoms with Crippen molar-refractivity contribution in [3.05, 3.63) is 0 Å². The van der Waals surface area contributed by atoms with E-state index in [1.807, 2.05) is 6.26 Å². The maximum Gasteiger partial charge on any atom is 0.323 e. The van der Waals surface area contributed by atoms with Crippen LogP contribution in [0.3, 0.4) is 0 Å². The maximum absolute atomic E-state index is 12.1. The van der Waals surface area contributed by atoms with E-state index in [9.17, 15) is 14.4 Å². The van der Waals surface area contributed by atoms with E-state index >= 15 is 0 Å². The first kappa shape index (κ1) is 16.6. The molecule has 8 heteroatoms. The van der Waals surface area contributed by atoms with E-state index in [-0.39, 0.29) is 6.04 Å². The number of carbonyl (C=O) groups excluding carboxylic acids is 2. The molecule has 1 saturated carbocycles. The summed E-state index contributed by atoms with van der Waals surface area (Å²) in [5.74, 6) is -1.90. The first-order valence-electron chi connectivity index (χ1n) is 6.52. The Morgan fingerprint density at radius 2 is 1.95 bits per heavy atom. The Morgan fingerprint density at radius 1 is 1.30 bits per heavy atom. The van der Waals surface area contributed by atoms with Gasteiger partial charge in [0.1, 0.15) is 13.1 Å². The summed E-state index contributed by atoms with van der Waals surface area (Å²) in [6.45, 7) is -0.930. The molecule has 1 aliphatic rings. The monoisotopic (exact) mass is 303 g/mol. The molecule has 2 unspecified atom stereocenters. The number of carbonyl (C=O) groups is 3. The highest BCUT2D eigenvalue weighted by atomic mass is 32.2. The van der Waals surface area contributed by atoms with Crippen LogP contribution >= 0.6 is 11.8 Å². The summed E-state index contributed by atoms with van der Waals surface area (Å²) in [5, 5.41) is 11.9. The van der Waals surface area contributed by atoms with Gasteiger partial charge in [-0.2, -0.15) is 11.8 Å². The van der Waals surface area contributed by atoms with Crippen molar-refractivity contribution < 1.29 is 19.5 Å². The fraction of sp³-hybridized carbons (Fsp3) is 0.750. The molecule has 0 radical (unpaired) electrons. The number of nitrogens with two attached hydrogens (primary N) is 1. The second kappa shape index (κ2) is 7.98. The number of amides is 3. The molecule has 0 spiro atoms. The third-order valence-electron chi connectivity index (χ3n) is 3.27. The van der Waals surface area contributed by atoms with E-state index in [2.05, 4.69) is 5.32 Å². The number of hydrogen-bond acceptors (Lipinski definition) is 4. The van der Waals surface area contributed by atoms with Crippen LogP contribution in [0.2, 0.25) is 0 Å². The van der Waals surface area contributed by atoms with Crippen molar-refractivity contribution >= 4 is 29.7 Å². The number of primary amides is 1. The molecule has 114 valence electrons. The molecule has 0 heterocycles. The SMILES string of the molecule is CSC1CCCCC1NC(=O)N(CC(N)=O)CC(=O)O. The van der Waals surface area contributed by atoms with E-state index in [1.54, 1.807) is 11.8 Å². The number of carboxylic acids is 1. The molecule has 0 aliphatic heterocycles. The lowest BCUT2D eigenvalue weighted by atomic mass is 9.95. The summed E-state index contributed by atoms with van der Waals surface area (Å²) in [6.07, 6.45) is 6.07. The Labute approximate surface area is 122 Å². The molecule has 4 N–H and O–H groups in total. The minimum Gasteiger partial charge on any atom is -0.480 e. The summed E-state index contributed by atoms with van der Waals surface area (Å²) >= 11 is 1.69. The number of thioether (sulfide) groups is 1. The van der Waals surface area contributed by atoms with Crippen LogP contribution in [0.25, 0.3) is 0 Å². The zero-order chi connectivity index (χ0) is 15.1. The molecular formula is C12H21N3O4S. The molecule has 3 amide bonds. The summed E-state index contributed by atoms with van der Waals surface area (Å²) in [5.41, 5.74) is 5.04. The molecule has 0 aromatic rings. The third-order valence-corrected chi connectivity index (χ3v) is 4.44. The first-order valence-corrected chi connectivity index (χ1v) is 7.81. The predicted molar refractivity (Wildman–Crippen MR) is 76.5 cm³/mol. The van der Waals surface area contributed by atoms with Crippen LogP contribution in [0, 0.1) is 0 Å². The summed E-state index contributed by atoms with van der Waals surface area (Å²) in [7, 11) is 0. The van der Waals surface area contributed by atoms with E-state index in [0.29, 0.717) is 5.25 Å². The zero-order valence-corrected chi connectivity index (χ0v) is 12.3. The lowest BCUT2D eigenvalue weighted by Gasteiger charge is -2.32. The first-order chi connectivity index (χ1) is 9.43. The van der Waals surface area contributed by atoms with Crippen LogP contribution in [0.4, 0.5) is 4.79 Å². The molecule has 7 nitrogen and oxygen atoms in total. The highest BCUT2D eigenvalue weighted by Crippen LogP contribution is 2.27. The average Bonchev–Trinajstić information content (AvgIpc) is 2.37. The Bertz CT molecular complexity index is 362. The van der Waals surface area contributed by atoms with Gasteiger partial charge in [0.2, 0.25) is 5.91 Å². The topological polar surface area (TPSA) is 113 Å². The molecule has 20 heavy (non-hydrogen) atoms. The molecular weight excluding hydrogens is 282 g/mol. The van der Waals surface area contributed by atoms with Crippen LogP contribution in [0.15, 0.2) is 0 Å². The standard InChI is InChI=1S/C12H21N3O4S/c1-20-9-5-3-2-4-8(9)14-12(19)15(6-10(13)16)7-11(17)18/h8-9H,2-7H2,1H3,(H2,13,16)(H,14,19)(H,17,18). The van der Waals surface area contributed by atoms with Gasteiger partial charge in [-0.3, -0.25) is 9.59 Å². The van der Waals surface area contributed by atoms with Gasteiger partial charge < -0.3 is 21.1 Å². The maximum atomic E-state index is 12.1. The van der Waals surface area contributed by atoms with E-state index in [4.69, 9.17) is 10.8 Å². The summed E-state index contributed by atoms with van der Waals surface area (Å²) < 4.78 is 0. The van der Waals surface area contributed by atoms with Crippen molar-refractivity contribution in [2.45, 2.75) is 37.0 Å². The van der Waals surface area contributed by atoms with Gasteiger partial charge in [-0.15, -0.1) is 0 Å². The fourth-order valence-electron chi connectivity index (χ4n) is 2.34. The fourth-order valence-corrected chi connectivity index (χ4v) is 3.28. The summed E-state index contributed by atoms with van der Waals surface area (Å²) in [6, 6.07) is -0.535. The number of nitrogens with zero attached hydrogens (tertiary/aromatic N) is 1. The number of urea groups is 1. The highest BCUT2D eigenvalue weighted by molar-refractivity contribution is 7.99. The van der Waals surface area contributed by atoms with Crippen molar-refractivity contribution in [2.24, 2.45) is 5.73 Å². The van der Waals surface area contributed by atoms with E-state index < -0.39 is 31.0 Å². The minimum absolute atomic E-state index is 0.00965. The van der Waals surface area contributed by atoms with Gasteiger partial charge in [0.05, 0.1) is 0 Å². The van der Waals surface area contributed by atoms with Crippen LogP contribution in [0.5, 0.6) is 0 Å². The molecule has 0 saturated heterocycles. The molecule has 1 aliphatic carbocycles. The van der Waals surface area contributed by atoms with Gasteiger partial charge in [-0.05, 0) is 19.1 Å². The quantitative estimate of drug-likeness (QED) is 0.650. The number of hydrogen-bond donors (Lipinski definition) is 3. The lowest BCUT2D eigenvalue weighted by molar-refractivity contribution is -0.137. The van der Waals surface area contributed by atoms with Gasteiger partial charge in [0.15, 0.2) is 0 Å². The predicted octanol–water partition coefficient (Wildman–Crippen LogP) is 0.242.